The minimum Gasteiger partial charge on any atom is -0.462 e. The first-order valence-corrected chi connectivity index (χ1v) is 26.3. The van der Waals surface area contributed by atoms with Gasteiger partial charge in [0, 0.05) is 19.4 Å². The molecule has 0 aliphatic heterocycles. The van der Waals surface area contributed by atoms with Crippen molar-refractivity contribution in [2.45, 2.75) is 225 Å². The first kappa shape index (κ1) is 58.7. The molecule has 61 heavy (non-hydrogen) atoms. The van der Waals surface area contributed by atoms with Gasteiger partial charge in [0.25, 0.3) is 0 Å². The number of unbranched alkanes of at least 4 members (excludes halogenated alkanes) is 23. The normalized spacial score (nSPS) is 13.7. The molecule has 0 aromatic heterocycles. The van der Waals surface area contributed by atoms with Crippen molar-refractivity contribution >= 4 is 19.8 Å². The summed E-state index contributed by atoms with van der Waals surface area (Å²) in [5.41, 5.74) is 5.35. The molecule has 0 saturated carbocycles. The summed E-state index contributed by atoms with van der Waals surface area (Å²) in [6, 6.07) is 0. The van der Waals surface area contributed by atoms with Gasteiger partial charge in [0.15, 0.2) is 6.10 Å². The van der Waals surface area contributed by atoms with Crippen LogP contribution < -0.4 is 5.73 Å². The third-order valence-corrected chi connectivity index (χ3v) is 11.3. The summed E-state index contributed by atoms with van der Waals surface area (Å²) >= 11 is 0. The molecule has 0 amide bonds. The van der Waals surface area contributed by atoms with E-state index in [0.29, 0.717) is 12.8 Å². The molecule has 0 fully saturated rings. The maximum Gasteiger partial charge on any atom is 0.472 e. The van der Waals surface area contributed by atoms with E-state index >= 15 is 0 Å². The molecular formula is C51H92NO8P. The fraction of sp³-hybridized carbons (Fsp3) is 0.765. The van der Waals surface area contributed by atoms with E-state index in [1.54, 1.807) is 0 Å². The first-order valence-electron chi connectivity index (χ1n) is 24.8. The predicted octanol–water partition coefficient (Wildman–Crippen LogP) is 14.8. The smallest absolute Gasteiger partial charge is 0.462 e. The van der Waals surface area contributed by atoms with Crippen LogP contribution in [0.3, 0.4) is 0 Å². The van der Waals surface area contributed by atoms with Gasteiger partial charge in [0.05, 0.1) is 13.2 Å². The zero-order valence-electron chi connectivity index (χ0n) is 39.1. The molecule has 0 spiro atoms. The molecule has 0 aromatic carbocycles. The lowest BCUT2D eigenvalue weighted by Crippen LogP contribution is -2.29. The fourth-order valence-electron chi connectivity index (χ4n) is 6.67. The highest BCUT2D eigenvalue weighted by Gasteiger charge is 2.26. The largest absolute Gasteiger partial charge is 0.472 e. The van der Waals surface area contributed by atoms with Crippen molar-refractivity contribution in [3.63, 3.8) is 0 Å². The Kier molecular flexibility index (Phi) is 45.4. The SMILES string of the molecule is CCCCCCCC/C=C/C/C=C/C/C=C/CCCC(=O)OC[C@H](COP(=O)(O)OCCN)OC(=O)CCC/C=C/CC/C=C/CCCCCCCCCCCCCCCC. The van der Waals surface area contributed by atoms with E-state index in [1.165, 1.54) is 128 Å². The van der Waals surface area contributed by atoms with Crippen LogP contribution >= 0.6 is 7.82 Å². The molecule has 0 rings (SSSR count). The van der Waals surface area contributed by atoms with E-state index in [-0.39, 0.29) is 32.6 Å². The molecule has 9 nitrogen and oxygen atoms in total. The van der Waals surface area contributed by atoms with Crippen LogP contribution in [-0.2, 0) is 32.7 Å². The number of nitrogens with two attached hydrogens (primary N) is 1. The van der Waals surface area contributed by atoms with Gasteiger partial charge >= 0.3 is 19.8 Å². The molecular weight excluding hydrogens is 786 g/mol. The average Bonchev–Trinajstić information content (AvgIpc) is 3.25. The molecule has 0 heterocycles. The Morgan fingerprint density at radius 2 is 0.869 bits per heavy atom. The number of carbonyl (C=O) groups is 2. The lowest BCUT2D eigenvalue weighted by Gasteiger charge is -2.19. The number of ether oxygens (including phenoxy) is 2. The monoisotopic (exact) mass is 878 g/mol. The second kappa shape index (κ2) is 47.2. The van der Waals surface area contributed by atoms with Gasteiger partial charge in [-0.2, -0.15) is 0 Å². The number of carbonyl (C=O) groups excluding carboxylic acids is 2. The third-order valence-electron chi connectivity index (χ3n) is 10.4. The molecule has 0 bridgehead atoms. The first-order chi connectivity index (χ1) is 29.8. The van der Waals surface area contributed by atoms with Gasteiger partial charge in [-0.15, -0.1) is 0 Å². The molecule has 0 radical (unpaired) electrons. The molecule has 354 valence electrons. The van der Waals surface area contributed by atoms with Crippen LogP contribution in [0.2, 0.25) is 0 Å². The average molecular weight is 878 g/mol. The Balaban J connectivity index is 4.19. The summed E-state index contributed by atoms with van der Waals surface area (Å²) in [6.07, 6.45) is 57.1. The van der Waals surface area contributed by atoms with Crippen molar-refractivity contribution < 1.29 is 37.6 Å². The van der Waals surface area contributed by atoms with E-state index in [9.17, 15) is 19.0 Å². The molecule has 2 atom stereocenters. The van der Waals surface area contributed by atoms with Crippen LogP contribution in [0, 0.1) is 0 Å². The van der Waals surface area contributed by atoms with E-state index in [2.05, 4.69) is 74.6 Å². The van der Waals surface area contributed by atoms with Gasteiger partial charge in [-0.1, -0.05) is 190 Å². The van der Waals surface area contributed by atoms with Crippen molar-refractivity contribution in [3.8, 4) is 0 Å². The zero-order valence-corrected chi connectivity index (χ0v) is 40.0. The maximum atomic E-state index is 12.6. The Morgan fingerprint density at radius 1 is 0.492 bits per heavy atom. The summed E-state index contributed by atoms with van der Waals surface area (Å²) in [6.45, 7) is 3.64. The summed E-state index contributed by atoms with van der Waals surface area (Å²) in [7, 11) is -4.40. The molecule has 1 unspecified atom stereocenters. The van der Waals surface area contributed by atoms with Gasteiger partial charge in [-0.05, 0) is 77.0 Å². The van der Waals surface area contributed by atoms with E-state index < -0.39 is 32.5 Å². The predicted molar refractivity (Wildman–Crippen MR) is 256 cm³/mol. The minimum absolute atomic E-state index is 0.0392. The van der Waals surface area contributed by atoms with Gasteiger partial charge in [-0.3, -0.25) is 18.6 Å². The molecule has 0 aliphatic rings. The van der Waals surface area contributed by atoms with Crippen molar-refractivity contribution in [1.82, 2.24) is 0 Å². The van der Waals surface area contributed by atoms with Crippen molar-refractivity contribution in [2.75, 3.05) is 26.4 Å². The summed E-state index contributed by atoms with van der Waals surface area (Å²) in [5, 5.41) is 0. The number of allylic oxidation sites excluding steroid dienone is 10. The molecule has 10 heteroatoms. The number of phosphoric acid groups is 1. The van der Waals surface area contributed by atoms with E-state index in [4.69, 9.17) is 24.3 Å². The van der Waals surface area contributed by atoms with Gasteiger partial charge in [-0.25, -0.2) is 4.57 Å². The Bertz CT molecular complexity index is 1180. The van der Waals surface area contributed by atoms with Crippen molar-refractivity contribution in [3.05, 3.63) is 60.8 Å². The number of hydrogen-bond acceptors (Lipinski definition) is 8. The molecule has 0 aliphatic carbocycles. The van der Waals surface area contributed by atoms with Crippen LogP contribution in [0.25, 0.3) is 0 Å². The summed E-state index contributed by atoms with van der Waals surface area (Å²) in [5.74, 6) is -0.938. The highest BCUT2D eigenvalue weighted by Crippen LogP contribution is 2.43. The van der Waals surface area contributed by atoms with Crippen LogP contribution in [0.15, 0.2) is 60.8 Å². The highest BCUT2D eigenvalue weighted by atomic mass is 31.2. The Morgan fingerprint density at radius 3 is 1.33 bits per heavy atom. The topological polar surface area (TPSA) is 134 Å². The van der Waals surface area contributed by atoms with E-state index in [0.717, 1.165) is 51.4 Å². The van der Waals surface area contributed by atoms with Crippen molar-refractivity contribution in [2.24, 2.45) is 5.73 Å². The van der Waals surface area contributed by atoms with Gasteiger partial charge < -0.3 is 20.1 Å². The lowest BCUT2D eigenvalue weighted by molar-refractivity contribution is -0.161. The van der Waals surface area contributed by atoms with E-state index in [1.807, 2.05) is 0 Å². The highest BCUT2D eigenvalue weighted by molar-refractivity contribution is 7.47. The quantitative estimate of drug-likeness (QED) is 0.0265. The third kappa shape index (κ3) is 47.0. The number of phosphoric ester groups is 1. The van der Waals surface area contributed by atoms with Crippen LogP contribution in [0.5, 0.6) is 0 Å². The summed E-state index contributed by atoms with van der Waals surface area (Å²) in [4.78, 5) is 34.9. The fourth-order valence-corrected chi connectivity index (χ4v) is 7.44. The number of esters is 2. The Hall–Kier alpha value is -2.29. The second-order valence-electron chi connectivity index (χ2n) is 16.3. The number of rotatable bonds is 46. The second-order valence-corrected chi connectivity index (χ2v) is 17.8. The van der Waals surface area contributed by atoms with Crippen molar-refractivity contribution in [1.29, 1.82) is 0 Å². The number of hydrogen-bond donors (Lipinski definition) is 2. The molecule has 0 saturated heterocycles. The van der Waals surface area contributed by atoms with Crippen LogP contribution in [0.1, 0.15) is 219 Å². The lowest BCUT2D eigenvalue weighted by atomic mass is 10.0. The maximum absolute atomic E-state index is 12.6. The van der Waals surface area contributed by atoms with Gasteiger partial charge in [0.2, 0.25) is 0 Å². The standard InChI is InChI=1S/C51H92NO8P/c1-3-5-7-9-11-13-15-17-19-21-22-23-24-25-26-28-30-32-34-36-38-40-42-44-51(54)60-49(48-59-61(55,56)58-46-45-52)47-57-50(53)43-41-39-37-35-33-31-29-27-20-18-16-14-12-10-8-6-4-2/h18,20,28-31,35-38,49H,3-17,19,21-27,32-34,39-48,52H2,1-2H3,(H,55,56)/b20-18+,30-28+,31-29+,37-35+,38-36+/t49-/m1/s1. The Labute approximate surface area is 374 Å². The van der Waals surface area contributed by atoms with Crippen LogP contribution in [0.4, 0.5) is 0 Å². The minimum atomic E-state index is -4.40. The molecule has 0 aromatic rings. The summed E-state index contributed by atoms with van der Waals surface area (Å²) < 4.78 is 32.8. The van der Waals surface area contributed by atoms with Gasteiger partial charge in [0.1, 0.15) is 6.61 Å². The van der Waals surface area contributed by atoms with Crippen LogP contribution in [-0.4, -0.2) is 49.3 Å². The molecule has 3 N–H and O–H groups in total. The zero-order chi connectivity index (χ0) is 44.6.